The standard InChI is InChI=1S/C27H25N5O6/c1-27(2,3)38-25(33)31-12-11-21-22(15-31)28-16-29-24(21)36-20-8-9-23-17(14-20)10-13-32(23)26(34)37-19-6-4-18(30-35)5-7-19/h4-10,13-14,16H,11-12,15H2,1-3H3. The molecule has 0 bridgehead atoms. The molecule has 0 atom stereocenters. The van der Waals surface area contributed by atoms with Gasteiger partial charge in [-0.05, 0) is 80.9 Å². The van der Waals surface area contributed by atoms with Crippen LogP contribution in [0.25, 0.3) is 10.9 Å². The van der Waals surface area contributed by atoms with Gasteiger partial charge in [0, 0.05) is 23.7 Å². The van der Waals surface area contributed by atoms with Crippen LogP contribution >= 0.6 is 0 Å². The van der Waals surface area contributed by atoms with Crippen molar-refractivity contribution in [2.75, 3.05) is 6.54 Å². The van der Waals surface area contributed by atoms with Gasteiger partial charge in [0.15, 0.2) is 0 Å². The van der Waals surface area contributed by atoms with Gasteiger partial charge in [-0.3, -0.25) is 4.57 Å². The molecule has 1 amide bonds. The third-order valence-electron chi connectivity index (χ3n) is 5.84. The Hall–Kier alpha value is -4.80. The second kappa shape index (κ2) is 9.92. The Labute approximate surface area is 217 Å². The van der Waals surface area contributed by atoms with Crippen molar-refractivity contribution in [1.29, 1.82) is 0 Å². The summed E-state index contributed by atoms with van der Waals surface area (Å²) in [6.45, 7) is 6.26. The second-order valence-electron chi connectivity index (χ2n) is 9.72. The number of nitrogens with zero attached hydrogens (tertiary/aromatic N) is 5. The predicted molar refractivity (Wildman–Crippen MR) is 138 cm³/mol. The summed E-state index contributed by atoms with van der Waals surface area (Å²) >= 11 is 0. The van der Waals surface area contributed by atoms with Crippen molar-refractivity contribution < 1.29 is 23.8 Å². The van der Waals surface area contributed by atoms with Gasteiger partial charge in [-0.15, -0.1) is 4.91 Å². The first-order valence-corrected chi connectivity index (χ1v) is 12.0. The van der Waals surface area contributed by atoms with Crippen LogP contribution < -0.4 is 9.47 Å². The van der Waals surface area contributed by atoms with Gasteiger partial charge in [-0.2, -0.15) is 0 Å². The van der Waals surface area contributed by atoms with E-state index in [1.807, 2.05) is 20.8 Å². The van der Waals surface area contributed by atoms with E-state index in [1.165, 1.54) is 35.2 Å². The van der Waals surface area contributed by atoms with Crippen LogP contribution in [0, 0.1) is 4.91 Å². The van der Waals surface area contributed by atoms with Crippen LogP contribution in [0.2, 0.25) is 0 Å². The maximum absolute atomic E-state index is 12.7. The van der Waals surface area contributed by atoms with E-state index in [1.54, 1.807) is 35.4 Å². The van der Waals surface area contributed by atoms with Crippen LogP contribution in [-0.2, 0) is 17.7 Å². The van der Waals surface area contributed by atoms with Crippen LogP contribution in [0.15, 0.2) is 66.2 Å². The van der Waals surface area contributed by atoms with Crippen molar-refractivity contribution in [2.45, 2.75) is 39.3 Å². The smallest absolute Gasteiger partial charge is 0.423 e. The molecule has 3 heterocycles. The number of hydrogen-bond donors (Lipinski definition) is 0. The summed E-state index contributed by atoms with van der Waals surface area (Å²) < 4.78 is 18.4. The van der Waals surface area contributed by atoms with E-state index in [9.17, 15) is 14.5 Å². The monoisotopic (exact) mass is 515 g/mol. The average molecular weight is 516 g/mol. The maximum Gasteiger partial charge on any atom is 0.423 e. The third-order valence-corrected chi connectivity index (χ3v) is 5.84. The Morgan fingerprint density at radius 3 is 2.47 bits per heavy atom. The molecule has 0 N–H and O–H groups in total. The van der Waals surface area contributed by atoms with Gasteiger partial charge in [-0.25, -0.2) is 19.6 Å². The van der Waals surface area contributed by atoms with Gasteiger partial charge in [0.25, 0.3) is 0 Å². The van der Waals surface area contributed by atoms with Crippen LogP contribution in [0.3, 0.4) is 0 Å². The van der Waals surface area contributed by atoms with Crippen molar-refractivity contribution in [3.05, 3.63) is 77.2 Å². The average Bonchev–Trinajstić information content (AvgIpc) is 3.31. The molecule has 1 aliphatic rings. The molecular weight excluding hydrogens is 490 g/mol. The minimum absolute atomic E-state index is 0.245. The lowest BCUT2D eigenvalue weighted by Crippen LogP contribution is -2.40. The molecule has 0 radical (unpaired) electrons. The van der Waals surface area contributed by atoms with Crippen molar-refractivity contribution in [1.82, 2.24) is 19.4 Å². The third kappa shape index (κ3) is 5.31. The molecule has 11 heteroatoms. The van der Waals surface area contributed by atoms with E-state index >= 15 is 0 Å². The lowest BCUT2D eigenvalue weighted by atomic mass is 10.1. The lowest BCUT2D eigenvalue weighted by Gasteiger charge is -2.30. The van der Waals surface area contributed by atoms with Crippen LogP contribution in [0.4, 0.5) is 15.3 Å². The summed E-state index contributed by atoms with van der Waals surface area (Å²) in [4.78, 5) is 46.0. The molecule has 0 saturated heterocycles. The zero-order valence-corrected chi connectivity index (χ0v) is 21.1. The van der Waals surface area contributed by atoms with Crippen molar-refractivity contribution in [2.24, 2.45) is 5.18 Å². The zero-order chi connectivity index (χ0) is 26.9. The van der Waals surface area contributed by atoms with E-state index < -0.39 is 11.7 Å². The number of amides is 1. The van der Waals surface area contributed by atoms with Gasteiger partial charge in [0.2, 0.25) is 5.88 Å². The zero-order valence-electron chi connectivity index (χ0n) is 21.1. The van der Waals surface area contributed by atoms with Crippen LogP contribution in [0.5, 0.6) is 17.4 Å². The number of carbonyl (C=O) groups excluding carboxylic acids is 2. The molecule has 0 spiro atoms. The topological polar surface area (TPSA) is 125 Å². The summed E-state index contributed by atoms with van der Waals surface area (Å²) in [5.74, 6) is 1.25. The van der Waals surface area contributed by atoms with Crippen LogP contribution in [0.1, 0.15) is 32.0 Å². The molecule has 5 rings (SSSR count). The minimum Gasteiger partial charge on any atom is -0.444 e. The molecule has 11 nitrogen and oxygen atoms in total. The summed E-state index contributed by atoms with van der Waals surface area (Å²) in [6, 6.07) is 13.0. The Kier molecular flexibility index (Phi) is 6.50. The first-order chi connectivity index (χ1) is 18.2. The molecule has 0 saturated carbocycles. The quantitative estimate of drug-likeness (QED) is 0.305. The van der Waals surface area contributed by atoms with E-state index in [0.717, 1.165) is 10.9 Å². The molecule has 1 aliphatic heterocycles. The summed E-state index contributed by atoms with van der Waals surface area (Å²) in [7, 11) is 0. The highest BCUT2D eigenvalue weighted by atomic mass is 16.6. The normalized spacial score (nSPS) is 13.1. The number of hydrogen-bond acceptors (Lipinski definition) is 9. The first-order valence-electron chi connectivity index (χ1n) is 12.0. The fraction of sp³-hybridized carbons (Fsp3) is 0.259. The Bertz CT molecular complexity index is 1520. The highest BCUT2D eigenvalue weighted by molar-refractivity contribution is 5.91. The largest absolute Gasteiger partial charge is 0.444 e. The van der Waals surface area contributed by atoms with E-state index in [0.29, 0.717) is 48.1 Å². The van der Waals surface area contributed by atoms with Gasteiger partial charge >= 0.3 is 12.2 Å². The SMILES string of the molecule is CC(C)(C)OC(=O)N1CCc2c(ncnc2Oc2ccc3c(ccn3C(=O)Oc3ccc(N=O)cc3)c2)C1. The fourth-order valence-corrected chi connectivity index (χ4v) is 4.07. The van der Waals surface area contributed by atoms with E-state index in [4.69, 9.17) is 14.2 Å². The number of carbonyl (C=O) groups is 2. The number of fused-ring (bicyclic) bond motifs is 2. The Balaban J connectivity index is 1.31. The van der Waals surface area contributed by atoms with Gasteiger partial charge < -0.3 is 19.1 Å². The van der Waals surface area contributed by atoms with Crippen molar-refractivity contribution >= 4 is 28.8 Å². The molecule has 0 unspecified atom stereocenters. The maximum atomic E-state index is 12.7. The summed E-state index contributed by atoms with van der Waals surface area (Å²) in [5, 5.41) is 3.59. The molecule has 2 aromatic heterocycles. The molecule has 4 aromatic rings. The second-order valence-corrected chi connectivity index (χ2v) is 9.72. The Morgan fingerprint density at radius 2 is 1.74 bits per heavy atom. The van der Waals surface area contributed by atoms with Gasteiger partial charge in [0.05, 0.1) is 17.8 Å². The van der Waals surface area contributed by atoms with Crippen molar-refractivity contribution in [3.8, 4) is 17.4 Å². The Morgan fingerprint density at radius 1 is 0.974 bits per heavy atom. The summed E-state index contributed by atoms with van der Waals surface area (Å²) in [5.41, 5.74) is 1.84. The molecule has 194 valence electrons. The molecule has 0 fully saturated rings. The molecular formula is C27H25N5O6. The first kappa shape index (κ1) is 24.9. The molecule has 0 aliphatic carbocycles. The number of nitroso groups, excluding NO2 is 1. The number of benzene rings is 2. The lowest BCUT2D eigenvalue weighted by molar-refractivity contribution is 0.0219. The van der Waals surface area contributed by atoms with Crippen molar-refractivity contribution in [3.63, 3.8) is 0 Å². The van der Waals surface area contributed by atoms with Crippen LogP contribution in [-0.4, -0.2) is 43.8 Å². The molecule has 2 aromatic carbocycles. The minimum atomic E-state index is -0.597. The van der Waals surface area contributed by atoms with E-state index in [-0.39, 0.29) is 11.8 Å². The number of aromatic nitrogens is 3. The molecule has 38 heavy (non-hydrogen) atoms. The highest BCUT2D eigenvalue weighted by Crippen LogP contribution is 2.31. The van der Waals surface area contributed by atoms with Gasteiger partial charge in [0.1, 0.15) is 29.1 Å². The van der Waals surface area contributed by atoms with Gasteiger partial charge in [-0.1, -0.05) is 0 Å². The van der Waals surface area contributed by atoms with E-state index in [2.05, 4.69) is 15.1 Å². The number of ether oxygens (including phenoxy) is 3. The fourth-order valence-electron chi connectivity index (χ4n) is 4.07. The summed E-state index contributed by atoms with van der Waals surface area (Å²) in [6.07, 6.45) is 2.57. The predicted octanol–water partition coefficient (Wildman–Crippen LogP) is 5.96. The number of rotatable bonds is 4. The highest BCUT2D eigenvalue weighted by Gasteiger charge is 2.28.